The highest BCUT2D eigenvalue weighted by Gasteiger charge is 2.45. The van der Waals surface area contributed by atoms with Crippen molar-refractivity contribution in [3.05, 3.63) is 12.2 Å². The Morgan fingerprint density at radius 3 is 1.24 bits per heavy atom. The Morgan fingerprint density at radius 1 is 0.647 bits per heavy atom. The Morgan fingerprint density at radius 2 is 0.971 bits per heavy atom. The molecule has 0 aromatic rings. The van der Waals surface area contributed by atoms with Crippen LogP contribution in [0.3, 0.4) is 0 Å². The summed E-state index contributed by atoms with van der Waals surface area (Å²) in [6, 6.07) is 0. The predicted molar refractivity (Wildman–Crippen MR) is 120 cm³/mol. The number of amides is 2. The molecular formula is C22H36N4O8. The maximum Gasteiger partial charge on any atom is 0.443 e. The molecule has 0 unspecified atom stereocenters. The van der Waals surface area contributed by atoms with Crippen molar-refractivity contribution in [1.82, 2.24) is 19.9 Å². The largest absolute Gasteiger partial charge is 0.447 e. The first kappa shape index (κ1) is 27.4. The van der Waals surface area contributed by atoms with Crippen LogP contribution in [-0.2, 0) is 28.7 Å². The van der Waals surface area contributed by atoms with Crippen LogP contribution < -0.4 is 0 Å². The number of carbonyl (C=O) groups excluding carboxylic acids is 4. The van der Waals surface area contributed by atoms with Gasteiger partial charge in [-0.05, 0) is 53.9 Å². The van der Waals surface area contributed by atoms with E-state index in [0.717, 1.165) is 37.8 Å². The molecule has 0 saturated heterocycles. The normalized spacial score (nSPS) is 17.3. The van der Waals surface area contributed by atoms with Crippen LogP contribution in [0.2, 0.25) is 0 Å². The number of carbonyl (C=O) groups is 4. The molecule has 0 spiro atoms. The highest BCUT2D eigenvalue weighted by molar-refractivity contribution is 5.92. The molecule has 0 atom stereocenters. The average molecular weight is 485 g/mol. The molecular weight excluding hydrogens is 448 g/mol. The van der Waals surface area contributed by atoms with Crippen molar-refractivity contribution < 1.29 is 38.3 Å². The summed E-state index contributed by atoms with van der Waals surface area (Å²) in [5, 5.41) is 1.27. The van der Waals surface area contributed by atoms with E-state index < -0.39 is 24.1 Å². The van der Waals surface area contributed by atoms with Crippen LogP contribution >= 0.6 is 0 Å². The second kappa shape index (κ2) is 11.5. The van der Waals surface area contributed by atoms with E-state index in [1.165, 1.54) is 14.1 Å². The first-order valence-corrected chi connectivity index (χ1v) is 11.2. The van der Waals surface area contributed by atoms with E-state index in [-0.39, 0.29) is 24.3 Å². The zero-order valence-electron chi connectivity index (χ0n) is 20.9. The highest BCUT2D eigenvalue weighted by Crippen LogP contribution is 2.43. The summed E-state index contributed by atoms with van der Waals surface area (Å²) < 4.78 is 10.2. The summed E-state index contributed by atoms with van der Waals surface area (Å²) in [5.41, 5.74) is 0.146. The van der Waals surface area contributed by atoms with E-state index in [1.54, 1.807) is 0 Å². The Balaban J connectivity index is 1.63. The molecule has 0 N–H and O–H groups in total. The fourth-order valence-corrected chi connectivity index (χ4v) is 3.51. The lowest BCUT2D eigenvalue weighted by Gasteiger charge is -2.23. The minimum atomic E-state index is -0.994. The lowest BCUT2D eigenvalue weighted by atomic mass is 10.2. The maximum atomic E-state index is 11.9. The third kappa shape index (κ3) is 7.87. The average Bonchev–Trinajstić information content (AvgIpc) is 3.67. The van der Waals surface area contributed by atoms with Crippen LogP contribution in [0.1, 0.15) is 38.5 Å². The zero-order valence-corrected chi connectivity index (χ0v) is 20.9. The van der Waals surface area contributed by atoms with Gasteiger partial charge in [0.2, 0.25) is 0 Å². The lowest BCUT2D eigenvalue weighted by Crippen LogP contribution is -2.34. The Labute approximate surface area is 200 Å². The monoisotopic (exact) mass is 484 g/mol. The molecule has 2 aliphatic rings. The molecule has 2 rings (SSSR count). The number of hydrogen-bond acceptors (Lipinski definition) is 10. The summed E-state index contributed by atoms with van der Waals surface area (Å²) >= 11 is 0. The van der Waals surface area contributed by atoms with Gasteiger partial charge < -0.3 is 28.9 Å². The van der Waals surface area contributed by atoms with Crippen LogP contribution in [0.15, 0.2) is 12.2 Å². The molecule has 0 aromatic carbocycles. The van der Waals surface area contributed by atoms with E-state index in [9.17, 15) is 19.2 Å². The molecule has 2 aliphatic carbocycles. The van der Waals surface area contributed by atoms with Crippen molar-refractivity contribution in [1.29, 1.82) is 0 Å². The van der Waals surface area contributed by atoms with Crippen LogP contribution in [0, 0.1) is 0 Å². The van der Waals surface area contributed by atoms with Crippen molar-refractivity contribution >= 4 is 24.1 Å². The van der Waals surface area contributed by atoms with Crippen molar-refractivity contribution in [2.24, 2.45) is 0 Å². The highest BCUT2D eigenvalue weighted by atomic mass is 16.8. The molecule has 12 heteroatoms. The van der Waals surface area contributed by atoms with Crippen LogP contribution in [-0.4, -0.2) is 111 Å². The molecule has 0 aromatic heterocycles. The van der Waals surface area contributed by atoms with Crippen LogP contribution in [0.25, 0.3) is 0 Å². The number of rotatable bonds is 10. The van der Waals surface area contributed by atoms with Gasteiger partial charge in [0, 0.05) is 36.1 Å². The van der Waals surface area contributed by atoms with E-state index >= 15 is 0 Å². The first-order chi connectivity index (χ1) is 15.9. The molecule has 0 bridgehead atoms. The molecule has 0 radical (unpaired) electrons. The summed E-state index contributed by atoms with van der Waals surface area (Å²) in [6.07, 6.45) is 5.44. The van der Waals surface area contributed by atoms with E-state index in [0.29, 0.717) is 23.0 Å². The molecule has 2 amide bonds. The fourth-order valence-electron chi connectivity index (χ4n) is 3.51. The number of hydroxylamine groups is 4. The van der Waals surface area contributed by atoms with E-state index in [4.69, 9.17) is 19.1 Å². The third-order valence-electron chi connectivity index (χ3n) is 6.46. The van der Waals surface area contributed by atoms with Gasteiger partial charge in [-0.2, -0.15) is 0 Å². The molecule has 192 valence electrons. The van der Waals surface area contributed by atoms with Gasteiger partial charge in [0.1, 0.15) is 0 Å². The van der Waals surface area contributed by atoms with Gasteiger partial charge in [-0.1, -0.05) is 0 Å². The topological polar surface area (TPSA) is 118 Å². The quantitative estimate of drug-likeness (QED) is 0.334. The summed E-state index contributed by atoms with van der Waals surface area (Å²) in [4.78, 5) is 61.3. The van der Waals surface area contributed by atoms with Crippen molar-refractivity contribution in [2.45, 2.75) is 49.6 Å². The Kier molecular flexibility index (Phi) is 9.28. The zero-order chi connectivity index (χ0) is 25.5. The minimum Gasteiger partial charge on any atom is -0.447 e. The van der Waals surface area contributed by atoms with E-state index in [1.807, 2.05) is 28.2 Å². The maximum absolute atomic E-state index is 11.9. The van der Waals surface area contributed by atoms with Gasteiger partial charge in [-0.3, -0.25) is 0 Å². The standard InChI is InChI=1S/C22H36N4O8/c1-23(2)21(9-10-21)13-15-31-19(29)25(5)33-17(27)7-8-18(28)34-26(6)20(30)32-16-14-22(11-12-22)24(3)4/h7-8H,9-16H2,1-6H3/b8-7+. The molecule has 2 saturated carbocycles. The first-order valence-electron chi connectivity index (χ1n) is 11.2. The van der Waals surface area contributed by atoms with Gasteiger partial charge in [-0.25, -0.2) is 19.2 Å². The van der Waals surface area contributed by atoms with Crippen molar-refractivity contribution in [2.75, 3.05) is 55.5 Å². The van der Waals surface area contributed by atoms with E-state index in [2.05, 4.69) is 9.80 Å². The number of ether oxygens (including phenoxy) is 2. The van der Waals surface area contributed by atoms with Gasteiger partial charge in [0.15, 0.2) is 0 Å². The molecule has 2 fully saturated rings. The summed E-state index contributed by atoms with van der Waals surface area (Å²) in [7, 11) is 10.4. The molecule has 34 heavy (non-hydrogen) atoms. The minimum absolute atomic E-state index is 0.0732. The molecule has 0 aliphatic heterocycles. The molecule has 0 heterocycles. The lowest BCUT2D eigenvalue weighted by molar-refractivity contribution is -0.172. The smallest absolute Gasteiger partial charge is 0.443 e. The number of nitrogens with zero attached hydrogens (tertiary/aromatic N) is 4. The van der Waals surface area contributed by atoms with Crippen molar-refractivity contribution in [3.8, 4) is 0 Å². The number of hydrogen-bond donors (Lipinski definition) is 0. The van der Waals surface area contributed by atoms with Gasteiger partial charge >= 0.3 is 24.1 Å². The Bertz CT molecular complexity index is 726. The van der Waals surface area contributed by atoms with Crippen LogP contribution in [0.5, 0.6) is 0 Å². The molecule has 12 nitrogen and oxygen atoms in total. The van der Waals surface area contributed by atoms with Gasteiger partial charge in [0.05, 0.1) is 27.3 Å². The second-order valence-electron chi connectivity index (χ2n) is 9.12. The second-order valence-corrected chi connectivity index (χ2v) is 9.12. The summed E-state index contributed by atoms with van der Waals surface area (Å²) in [6.45, 7) is 0.388. The van der Waals surface area contributed by atoms with Gasteiger partial charge in [-0.15, -0.1) is 10.1 Å². The summed E-state index contributed by atoms with van der Waals surface area (Å²) in [5.74, 6) is -1.99. The Hall–Kier alpha value is -2.86. The fraction of sp³-hybridized carbons (Fsp3) is 0.727. The third-order valence-corrected chi connectivity index (χ3v) is 6.46. The van der Waals surface area contributed by atoms with Crippen LogP contribution in [0.4, 0.5) is 9.59 Å². The van der Waals surface area contributed by atoms with Gasteiger partial charge in [0.25, 0.3) is 0 Å². The SMILES string of the molecule is CN(OC(=O)/C=C/C(=O)ON(C)C(=O)OCCC1(N(C)C)CC1)C(=O)OCCC1(N(C)C)CC1. The van der Waals surface area contributed by atoms with Crippen molar-refractivity contribution in [3.63, 3.8) is 0 Å². The predicted octanol–water partition coefficient (Wildman–Crippen LogP) is 1.56.